The number of nitrogens with one attached hydrogen (secondary N) is 1. The topological polar surface area (TPSA) is 65.4 Å². The van der Waals surface area contributed by atoms with Crippen molar-refractivity contribution in [3.63, 3.8) is 0 Å². The van der Waals surface area contributed by atoms with E-state index in [1.807, 2.05) is 25.1 Å². The zero-order chi connectivity index (χ0) is 17.6. The Labute approximate surface area is 151 Å². The molecular formula is C19H21N3O2S. The second-order valence-corrected chi connectivity index (χ2v) is 7.17. The first-order valence-corrected chi connectivity index (χ1v) is 9.15. The van der Waals surface area contributed by atoms with Gasteiger partial charge in [-0.25, -0.2) is 0 Å². The molecule has 1 amide bonds. The van der Waals surface area contributed by atoms with Crippen molar-refractivity contribution in [2.75, 3.05) is 38.2 Å². The van der Waals surface area contributed by atoms with E-state index in [0.29, 0.717) is 30.3 Å². The van der Waals surface area contributed by atoms with Crippen LogP contribution in [0.4, 0.5) is 5.00 Å². The van der Waals surface area contributed by atoms with E-state index in [-0.39, 0.29) is 5.91 Å². The first-order valence-electron chi connectivity index (χ1n) is 8.33. The number of hydrogen-bond donors (Lipinski definition) is 1. The van der Waals surface area contributed by atoms with E-state index in [4.69, 9.17) is 4.74 Å². The van der Waals surface area contributed by atoms with E-state index in [2.05, 4.69) is 28.4 Å². The quantitative estimate of drug-likeness (QED) is 0.896. The van der Waals surface area contributed by atoms with Crippen LogP contribution < -0.4 is 5.32 Å². The van der Waals surface area contributed by atoms with Crippen LogP contribution in [0.5, 0.6) is 0 Å². The number of rotatable bonds is 5. The highest BCUT2D eigenvalue weighted by atomic mass is 32.1. The van der Waals surface area contributed by atoms with Gasteiger partial charge < -0.3 is 10.1 Å². The van der Waals surface area contributed by atoms with Crippen molar-refractivity contribution in [3.05, 3.63) is 51.9 Å². The first-order chi connectivity index (χ1) is 12.2. The Kier molecular flexibility index (Phi) is 5.82. The molecule has 1 aromatic carbocycles. The summed E-state index contributed by atoms with van der Waals surface area (Å²) in [5, 5.41) is 13.1. The number of hydrogen-bond acceptors (Lipinski definition) is 5. The Hall–Kier alpha value is -2.20. The van der Waals surface area contributed by atoms with Crippen LogP contribution in [0, 0.1) is 18.3 Å². The lowest BCUT2D eigenvalue weighted by molar-refractivity contribution is -0.118. The summed E-state index contributed by atoms with van der Waals surface area (Å²) in [5.41, 5.74) is 2.73. The molecule has 0 bridgehead atoms. The van der Waals surface area contributed by atoms with E-state index < -0.39 is 0 Å². The third kappa shape index (κ3) is 4.45. The average Bonchev–Trinajstić information content (AvgIpc) is 2.91. The number of nitrogens with zero attached hydrogens (tertiary/aromatic N) is 2. The number of carbonyl (C=O) groups is 1. The van der Waals surface area contributed by atoms with Crippen molar-refractivity contribution in [3.8, 4) is 6.07 Å². The minimum Gasteiger partial charge on any atom is -0.379 e. The standard InChI is InChI=1S/C19H21N3O2S/c1-14-16(12-20)19(21-18(23)13-22-7-9-24-10-8-22)25-17(14)11-15-5-3-2-4-6-15/h2-6H,7-11,13H2,1H3,(H,21,23). The maximum atomic E-state index is 12.3. The fourth-order valence-corrected chi connectivity index (χ4v) is 4.07. The van der Waals surface area contributed by atoms with Gasteiger partial charge in [0.05, 0.1) is 25.3 Å². The largest absolute Gasteiger partial charge is 0.379 e. The Morgan fingerprint density at radius 2 is 2.04 bits per heavy atom. The van der Waals surface area contributed by atoms with Crippen LogP contribution in [0.2, 0.25) is 0 Å². The lowest BCUT2D eigenvalue weighted by atomic mass is 10.1. The second kappa shape index (κ2) is 8.26. The summed E-state index contributed by atoms with van der Waals surface area (Å²) in [6, 6.07) is 12.4. The van der Waals surface area contributed by atoms with Crippen LogP contribution in [0.15, 0.2) is 30.3 Å². The van der Waals surface area contributed by atoms with Gasteiger partial charge in [0.2, 0.25) is 5.91 Å². The Balaban J connectivity index is 1.71. The summed E-state index contributed by atoms with van der Waals surface area (Å²) in [5.74, 6) is -0.0779. The molecule has 1 N–H and O–H groups in total. The molecule has 0 unspecified atom stereocenters. The molecule has 5 nitrogen and oxygen atoms in total. The van der Waals surface area contributed by atoms with Crippen LogP contribution in [0.25, 0.3) is 0 Å². The monoisotopic (exact) mass is 355 g/mol. The van der Waals surface area contributed by atoms with Gasteiger partial charge in [0, 0.05) is 24.4 Å². The predicted octanol–water partition coefficient (Wildman–Crippen LogP) is 2.79. The zero-order valence-electron chi connectivity index (χ0n) is 14.2. The summed E-state index contributed by atoms with van der Waals surface area (Å²) in [6.45, 7) is 5.14. The SMILES string of the molecule is Cc1c(Cc2ccccc2)sc(NC(=O)CN2CCOCC2)c1C#N. The Morgan fingerprint density at radius 3 is 2.72 bits per heavy atom. The number of thiophene rings is 1. The van der Waals surface area contributed by atoms with Crippen LogP contribution in [-0.4, -0.2) is 43.7 Å². The normalized spacial score (nSPS) is 14.9. The molecule has 1 saturated heterocycles. The van der Waals surface area contributed by atoms with Crippen LogP contribution in [0.3, 0.4) is 0 Å². The van der Waals surface area contributed by atoms with Gasteiger partial charge in [0.1, 0.15) is 11.1 Å². The summed E-state index contributed by atoms with van der Waals surface area (Å²) < 4.78 is 5.30. The molecule has 0 spiro atoms. The minimum atomic E-state index is -0.0779. The molecule has 0 atom stereocenters. The fraction of sp³-hybridized carbons (Fsp3) is 0.368. The van der Waals surface area contributed by atoms with Gasteiger partial charge in [-0.15, -0.1) is 11.3 Å². The van der Waals surface area contributed by atoms with E-state index in [1.165, 1.54) is 16.9 Å². The third-order valence-corrected chi connectivity index (χ3v) is 5.50. The zero-order valence-corrected chi connectivity index (χ0v) is 15.1. The molecule has 2 aromatic rings. The van der Waals surface area contributed by atoms with Crippen molar-refractivity contribution in [2.24, 2.45) is 0 Å². The lowest BCUT2D eigenvalue weighted by Gasteiger charge is -2.25. The summed E-state index contributed by atoms with van der Waals surface area (Å²) in [6.07, 6.45) is 0.769. The highest BCUT2D eigenvalue weighted by Crippen LogP contribution is 2.34. The Morgan fingerprint density at radius 1 is 1.32 bits per heavy atom. The van der Waals surface area contributed by atoms with Gasteiger partial charge in [0.25, 0.3) is 0 Å². The minimum absolute atomic E-state index is 0.0779. The molecule has 0 saturated carbocycles. The molecule has 0 radical (unpaired) electrons. The second-order valence-electron chi connectivity index (χ2n) is 6.07. The number of benzene rings is 1. The van der Waals surface area contributed by atoms with Crippen molar-refractivity contribution in [1.29, 1.82) is 5.26 Å². The molecule has 3 rings (SSSR count). The van der Waals surface area contributed by atoms with Crippen LogP contribution in [0.1, 0.15) is 21.6 Å². The predicted molar refractivity (Wildman–Crippen MR) is 98.9 cm³/mol. The van der Waals surface area contributed by atoms with Gasteiger partial charge in [-0.1, -0.05) is 30.3 Å². The number of anilines is 1. The molecule has 0 aliphatic carbocycles. The van der Waals surface area contributed by atoms with E-state index in [9.17, 15) is 10.1 Å². The third-order valence-electron chi connectivity index (χ3n) is 4.29. The highest BCUT2D eigenvalue weighted by Gasteiger charge is 2.19. The Bertz CT molecular complexity index is 774. The van der Waals surface area contributed by atoms with Crippen molar-refractivity contribution in [2.45, 2.75) is 13.3 Å². The summed E-state index contributed by atoms with van der Waals surface area (Å²) in [4.78, 5) is 15.5. The molecule has 1 aliphatic rings. The molecular weight excluding hydrogens is 334 g/mol. The number of carbonyl (C=O) groups excluding carboxylic acids is 1. The molecule has 25 heavy (non-hydrogen) atoms. The van der Waals surface area contributed by atoms with E-state index in [0.717, 1.165) is 30.0 Å². The number of ether oxygens (including phenoxy) is 1. The van der Waals surface area contributed by atoms with E-state index in [1.54, 1.807) is 0 Å². The fourth-order valence-electron chi connectivity index (χ4n) is 2.86. The number of morpholine rings is 1. The van der Waals surface area contributed by atoms with Gasteiger partial charge in [-0.3, -0.25) is 9.69 Å². The smallest absolute Gasteiger partial charge is 0.239 e. The molecule has 2 heterocycles. The first kappa shape index (κ1) is 17.6. The van der Waals surface area contributed by atoms with Gasteiger partial charge in [-0.05, 0) is 18.1 Å². The van der Waals surface area contributed by atoms with Crippen molar-refractivity contribution in [1.82, 2.24) is 4.90 Å². The summed E-state index contributed by atoms with van der Waals surface area (Å²) in [7, 11) is 0. The van der Waals surface area contributed by atoms with Crippen LogP contribution in [-0.2, 0) is 16.0 Å². The van der Waals surface area contributed by atoms with E-state index >= 15 is 0 Å². The molecule has 1 fully saturated rings. The van der Waals surface area contributed by atoms with Crippen molar-refractivity contribution < 1.29 is 9.53 Å². The maximum Gasteiger partial charge on any atom is 0.239 e. The summed E-state index contributed by atoms with van der Waals surface area (Å²) >= 11 is 1.50. The van der Waals surface area contributed by atoms with Gasteiger partial charge in [0.15, 0.2) is 0 Å². The van der Waals surface area contributed by atoms with Gasteiger partial charge >= 0.3 is 0 Å². The molecule has 1 aromatic heterocycles. The molecule has 1 aliphatic heterocycles. The van der Waals surface area contributed by atoms with Crippen molar-refractivity contribution >= 4 is 22.2 Å². The lowest BCUT2D eigenvalue weighted by Crippen LogP contribution is -2.41. The highest BCUT2D eigenvalue weighted by molar-refractivity contribution is 7.16. The molecule has 6 heteroatoms. The maximum absolute atomic E-state index is 12.3. The van der Waals surface area contributed by atoms with Gasteiger partial charge in [-0.2, -0.15) is 5.26 Å². The van der Waals surface area contributed by atoms with Crippen LogP contribution >= 0.6 is 11.3 Å². The average molecular weight is 355 g/mol. The number of amides is 1. The number of nitriles is 1. The molecule has 130 valence electrons.